The number of carbonyl (C=O) groups is 1. The standard InChI is InChI=1S/C20H25ClN2O4S/c1-14(2)12-22-20(24)13-23(17-8-6-16(21)7-9-17)28(25,26)19-11-15(3)5-10-18(19)27-4/h5-11,14H,12-13H2,1-4H3,(H,22,24). The number of benzene rings is 2. The van der Waals surface area contributed by atoms with Crippen LogP contribution in [0.15, 0.2) is 47.4 Å². The van der Waals surface area contributed by atoms with Gasteiger partial charge in [0.05, 0.1) is 12.8 Å². The number of halogens is 1. The Morgan fingerprint density at radius 2 is 1.82 bits per heavy atom. The molecule has 6 nitrogen and oxygen atoms in total. The molecule has 0 aromatic heterocycles. The zero-order valence-electron chi connectivity index (χ0n) is 16.4. The summed E-state index contributed by atoms with van der Waals surface area (Å²) in [5.74, 6) is 0.0763. The number of nitrogens with zero attached hydrogens (tertiary/aromatic N) is 1. The summed E-state index contributed by atoms with van der Waals surface area (Å²) in [6.07, 6.45) is 0. The second-order valence-electron chi connectivity index (χ2n) is 6.84. The normalized spacial score (nSPS) is 11.4. The number of ether oxygens (including phenoxy) is 1. The lowest BCUT2D eigenvalue weighted by Gasteiger charge is -2.25. The van der Waals surface area contributed by atoms with Crippen LogP contribution in [0.5, 0.6) is 5.75 Å². The molecule has 0 saturated heterocycles. The number of sulfonamides is 1. The average molecular weight is 425 g/mol. The number of methoxy groups -OCH3 is 1. The van der Waals surface area contributed by atoms with E-state index in [0.29, 0.717) is 17.3 Å². The molecule has 2 aromatic rings. The van der Waals surface area contributed by atoms with E-state index < -0.39 is 10.0 Å². The van der Waals surface area contributed by atoms with Gasteiger partial charge in [-0.05, 0) is 54.8 Å². The molecule has 1 amide bonds. The summed E-state index contributed by atoms with van der Waals surface area (Å²) in [4.78, 5) is 12.4. The van der Waals surface area contributed by atoms with Crippen molar-refractivity contribution in [1.82, 2.24) is 5.32 Å². The van der Waals surface area contributed by atoms with E-state index in [-0.39, 0.29) is 29.0 Å². The Morgan fingerprint density at radius 3 is 2.39 bits per heavy atom. The van der Waals surface area contributed by atoms with E-state index in [1.807, 2.05) is 13.8 Å². The topological polar surface area (TPSA) is 75.7 Å². The van der Waals surface area contributed by atoms with Gasteiger partial charge >= 0.3 is 0 Å². The van der Waals surface area contributed by atoms with Gasteiger partial charge in [0.1, 0.15) is 17.2 Å². The first kappa shape index (κ1) is 22.0. The van der Waals surface area contributed by atoms with Gasteiger partial charge in [0.2, 0.25) is 5.91 Å². The summed E-state index contributed by atoms with van der Waals surface area (Å²) >= 11 is 5.94. The lowest BCUT2D eigenvalue weighted by atomic mass is 10.2. The van der Waals surface area contributed by atoms with E-state index in [1.54, 1.807) is 43.3 Å². The highest BCUT2D eigenvalue weighted by molar-refractivity contribution is 7.93. The highest BCUT2D eigenvalue weighted by Crippen LogP contribution is 2.31. The first-order valence-corrected chi connectivity index (χ1v) is 10.7. The van der Waals surface area contributed by atoms with Crippen molar-refractivity contribution in [3.63, 3.8) is 0 Å². The Hall–Kier alpha value is -2.25. The van der Waals surface area contributed by atoms with Crippen molar-refractivity contribution in [3.05, 3.63) is 53.1 Å². The van der Waals surface area contributed by atoms with Crippen LogP contribution in [0.3, 0.4) is 0 Å². The summed E-state index contributed by atoms with van der Waals surface area (Å²) in [5.41, 5.74) is 1.10. The van der Waals surface area contributed by atoms with Crippen LogP contribution < -0.4 is 14.4 Å². The zero-order valence-corrected chi connectivity index (χ0v) is 18.0. The van der Waals surface area contributed by atoms with E-state index >= 15 is 0 Å². The molecule has 1 N–H and O–H groups in total. The molecule has 152 valence electrons. The highest BCUT2D eigenvalue weighted by atomic mass is 35.5. The fourth-order valence-electron chi connectivity index (χ4n) is 2.53. The second kappa shape index (κ2) is 9.30. The molecule has 0 fully saturated rings. The largest absolute Gasteiger partial charge is 0.495 e. The summed E-state index contributed by atoms with van der Waals surface area (Å²) < 4.78 is 33.2. The predicted molar refractivity (Wildman–Crippen MR) is 112 cm³/mol. The molecule has 0 saturated carbocycles. The molecule has 0 unspecified atom stereocenters. The van der Waals surface area contributed by atoms with E-state index in [9.17, 15) is 13.2 Å². The van der Waals surface area contributed by atoms with Crippen LogP contribution in [-0.4, -0.2) is 34.5 Å². The van der Waals surface area contributed by atoms with Gasteiger partial charge in [0.25, 0.3) is 10.0 Å². The van der Waals surface area contributed by atoms with Crippen LogP contribution in [0.4, 0.5) is 5.69 Å². The minimum absolute atomic E-state index is 0.00149. The first-order chi connectivity index (χ1) is 13.1. The molecule has 2 aromatic carbocycles. The molecular formula is C20H25ClN2O4S. The van der Waals surface area contributed by atoms with Gasteiger partial charge in [-0.3, -0.25) is 9.10 Å². The lowest BCUT2D eigenvalue weighted by Crippen LogP contribution is -2.41. The maximum Gasteiger partial charge on any atom is 0.268 e. The SMILES string of the molecule is COc1ccc(C)cc1S(=O)(=O)N(CC(=O)NCC(C)C)c1ccc(Cl)cc1. The number of hydrogen-bond acceptors (Lipinski definition) is 4. The van der Waals surface area contributed by atoms with Gasteiger partial charge in [-0.15, -0.1) is 0 Å². The fraction of sp³-hybridized carbons (Fsp3) is 0.350. The molecule has 0 bridgehead atoms. The van der Waals surface area contributed by atoms with Crippen LogP contribution in [0.25, 0.3) is 0 Å². The minimum Gasteiger partial charge on any atom is -0.495 e. The van der Waals surface area contributed by atoms with E-state index in [2.05, 4.69) is 5.32 Å². The fourth-order valence-corrected chi connectivity index (χ4v) is 4.32. The average Bonchev–Trinajstić information content (AvgIpc) is 2.65. The zero-order chi connectivity index (χ0) is 20.9. The smallest absolute Gasteiger partial charge is 0.268 e. The number of carbonyl (C=O) groups excluding carboxylic acids is 1. The molecule has 0 aliphatic heterocycles. The molecule has 28 heavy (non-hydrogen) atoms. The maximum atomic E-state index is 13.5. The third kappa shape index (κ3) is 5.39. The van der Waals surface area contributed by atoms with Crippen molar-refractivity contribution < 1.29 is 17.9 Å². The summed E-state index contributed by atoms with van der Waals surface area (Å²) in [7, 11) is -2.65. The van der Waals surface area contributed by atoms with Crippen LogP contribution in [0, 0.1) is 12.8 Å². The maximum absolute atomic E-state index is 13.5. The third-order valence-corrected chi connectivity index (χ3v) is 6.04. The molecule has 0 aliphatic carbocycles. The summed E-state index contributed by atoms with van der Waals surface area (Å²) in [5, 5.41) is 3.23. The number of aryl methyl sites for hydroxylation is 1. The highest BCUT2D eigenvalue weighted by Gasteiger charge is 2.30. The van der Waals surface area contributed by atoms with Gasteiger partial charge in [-0.1, -0.05) is 31.5 Å². The van der Waals surface area contributed by atoms with Crippen molar-refractivity contribution in [2.45, 2.75) is 25.7 Å². The van der Waals surface area contributed by atoms with Crippen molar-refractivity contribution in [3.8, 4) is 5.75 Å². The van der Waals surface area contributed by atoms with Gasteiger partial charge < -0.3 is 10.1 Å². The Labute approximate surface area is 171 Å². The van der Waals surface area contributed by atoms with Gasteiger partial charge in [0.15, 0.2) is 0 Å². The third-order valence-electron chi connectivity index (χ3n) is 4.00. The number of hydrogen-bond donors (Lipinski definition) is 1. The van der Waals surface area contributed by atoms with Gasteiger partial charge in [-0.2, -0.15) is 0 Å². The summed E-state index contributed by atoms with van der Waals surface area (Å²) in [6, 6.07) is 11.2. The van der Waals surface area contributed by atoms with Crippen molar-refractivity contribution in [2.75, 3.05) is 24.5 Å². The van der Waals surface area contributed by atoms with Crippen LogP contribution in [-0.2, 0) is 14.8 Å². The Morgan fingerprint density at radius 1 is 1.18 bits per heavy atom. The Kier molecular flexibility index (Phi) is 7.32. The molecular weight excluding hydrogens is 400 g/mol. The molecule has 0 spiro atoms. The lowest BCUT2D eigenvalue weighted by molar-refractivity contribution is -0.119. The van der Waals surface area contributed by atoms with E-state index in [4.69, 9.17) is 16.3 Å². The van der Waals surface area contributed by atoms with Crippen LogP contribution >= 0.6 is 11.6 Å². The second-order valence-corrected chi connectivity index (χ2v) is 9.11. The van der Waals surface area contributed by atoms with Crippen LogP contribution in [0.2, 0.25) is 5.02 Å². The number of anilines is 1. The molecule has 8 heteroatoms. The Balaban J connectivity index is 2.49. The van der Waals surface area contributed by atoms with E-state index in [0.717, 1.165) is 9.87 Å². The molecule has 0 atom stereocenters. The Bertz CT molecular complexity index is 928. The molecule has 2 rings (SSSR count). The quantitative estimate of drug-likeness (QED) is 0.702. The minimum atomic E-state index is -4.06. The van der Waals surface area contributed by atoms with Gasteiger partial charge in [0, 0.05) is 11.6 Å². The van der Waals surface area contributed by atoms with E-state index in [1.165, 1.54) is 13.2 Å². The molecule has 0 radical (unpaired) electrons. The number of amides is 1. The molecule has 0 aliphatic rings. The van der Waals surface area contributed by atoms with Crippen molar-refractivity contribution in [2.24, 2.45) is 5.92 Å². The van der Waals surface area contributed by atoms with Crippen molar-refractivity contribution in [1.29, 1.82) is 0 Å². The summed E-state index contributed by atoms with van der Waals surface area (Å²) in [6.45, 7) is 5.83. The van der Waals surface area contributed by atoms with Gasteiger partial charge in [-0.25, -0.2) is 8.42 Å². The molecule has 0 heterocycles. The van der Waals surface area contributed by atoms with Crippen LogP contribution in [0.1, 0.15) is 19.4 Å². The number of nitrogens with one attached hydrogen (secondary N) is 1. The van der Waals surface area contributed by atoms with Crippen molar-refractivity contribution >= 4 is 33.2 Å². The monoisotopic (exact) mass is 424 g/mol. The number of rotatable bonds is 8. The first-order valence-electron chi connectivity index (χ1n) is 8.84. The predicted octanol–water partition coefficient (Wildman–Crippen LogP) is 3.62.